The van der Waals surface area contributed by atoms with Gasteiger partial charge in [-0.05, 0) is 97.1 Å². The van der Waals surface area contributed by atoms with Crippen molar-refractivity contribution in [1.29, 1.82) is 0 Å². The summed E-state index contributed by atoms with van der Waals surface area (Å²) in [5.74, 6) is 0. The molecule has 1 aromatic heterocycles. The van der Waals surface area contributed by atoms with Crippen molar-refractivity contribution in [1.82, 2.24) is 0 Å². The molecule has 9 rings (SSSR count). The maximum Gasteiger partial charge on any atom is 0.136 e. The van der Waals surface area contributed by atoms with Gasteiger partial charge in [-0.1, -0.05) is 127 Å². The van der Waals surface area contributed by atoms with Crippen molar-refractivity contribution >= 4 is 49.6 Å². The van der Waals surface area contributed by atoms with Crippen LogP contribution in [0.5, 0.6) is 0 Å². The highest BCUT2D eigenvalue weighted by atomic mass is 16.3. The van der Waals surface area contributed by atoms with E-state index in [2.05, 4.69) is 54.6 Å². The zero-order valence-electron chi connectivity index (χ0n) is 30.1. The molecular formula is C42H28O. The van der Waals surface area contributed by atoms with Crippen LogP contribution in [0.4, 0.5) is 0 Å². The number of allylic oxidation sites excluding steroid dienone is 1. The van der Waals surface area contributed by atoms with Crippen molar-refractivity contribution in [3.63, 3.8) is 0 Å². The molecule has 202 valence electrons. The first-order chi connectivity index (χ1) is 24.3. The number of furan rings is 1. The van der Waals surface area contributed by atoms with Gasteiger partial charge >= 0.3 is 0 Å². The first kappa shape index (κ1) is 18.2. The molecule has 1 aliphatic carbocycles. The average molecular weight is 556 g/mol. The van der Waals surface area contributed by atoms with Gasteiger partial charge in [-0.15, -0.1) is 0 Å². The number of rotatable bonds is 3. The molecule has 8 aromatic rings. The van der Waals surface area contributed by atoms with Crippen LogP contribution in [0.2, 0.25) is 0 Å². The van der Waals surface area contributed by atoms with Crippen molar-refractivity contribution in [2.75, 3.05) is 0 Å². The highest BCUT2D eigenvalue weighted by molar-refractivity contribution is 6.15. The highest BCUT2D eigenvalue weighted by Gasteiger charge is 2.23. The third-order valence-corrected chi connectivity index (χ3v) is 8.63. The maximum absolute atomic E-state index is 9.20. The average Bonchev–Trinajstić information content (AvgIpc) is 3.53. The maximum atomic E-state index is 9.20. The monoisotopic (exact) mass is 555 g/mol. The van der Waals surface area contributed by atoms with Crippen LogP contribution in [0.15, 0.2) is 144 Å². The minimum absolute atomic E-state index is 0.0334. The van der Waals surface area contributed by atoms with E-state index in [-0.39, 0.29) is 46.5 Å². The predicted molar refractivity (Wildman–Crippen MR) is 182 cm³/mol. The molecule has 0 N–H and O–H groups in total. The first-order valence-electron chi connectivity index (χ1n) is 18.0. The Kier molecular flexibility index (Phi) is 4.05. The van der Waals surface area contributed by atoms with E-state index >= 15 is 0 Å². The lowest BCUT2D eigenvalue weighted by Crippen LogP contribution is -2.03. The molecule has 1 nitrogen and oxygen atoms in total. The molecule has 0 atom stereocenters. The van der Waals surface area contributed by atoms with E-state index < -0.39 is 12.1 Å². The standard InChI is InChI=1S/C42H28O/c1-2-16-30-27(12-1)13-10-23-32(30)41-35-19-5-3-17-33(35)40(34-18-4-6-20-36(34)41)29-15-9-14-28(26-29)31-22-11-25-39-42(31)37-21-7-8-24-38(37)43-39/h1-5,7-19,21-26H,6,20H2/i1D,2D,10D,12D,13D,16D,23D. The van der Waals surface area contributed by atoms with Gasteiger partial charge in [0.2, 0.25) is 0 Å². The molecule has 0 radical (unpaired) electrons. The molecule has 0 saturated heterocycles. The van der Waals surface area contributed by atoms with Gasteiger partial charge in [0.15, 0.2) is 0 Å². The van der Waals surface area contributed by atoms with Crippen molar-refractivity contribution in [2.24, 2.45) is 0 Å². The molecule has 0 aliphatic heterocycles. The van der Waals surface area contributed by atoms with Crippen LogP contribution in [0, 0.1) is 0 Å². The highest BCUT2D eigenvalue weighted by Crippen LogP contribution is 2.47. The number of hydrogen-bond donors (Lipinski definition) is 0. The quantitative estimate of drug-likeness (QED) is 0.211. The minimum atomic E-state index is -0.455. The van der Waals surface area contributed by atoms with Crippen molar-refractivity contribution in [3.05, 3.63) is 150 Å². The third-order valence-electron chi connectivity index (χ3n) is 8.63. The van der Waals surface area contributed by atoms with Gasteiger partial charge in [0.05, 0.1) is 9.60 Å². The smallest absolute Gasteiger partial charge is 0.136 e. The molecular weight excluding hydrogens is 520 g/mol. The van der Waals surface area contributed by atoms with Gasteiger partial charge in [0.25, 0.3) is 0 Å². The van der Waals surface area contributed by atoms with E-state index in [1.807, 2.05) is 48.5 Å². The molecule has 0 bridgehead atoms. The summed E-state index contributed by atoms with van der Waals surface area (Å²) < 4.78 is 67.4. The van der Waals surface area contributed by atoms with Gasteiger partial charge < -0.3 is 4.42 Å². The summed E-state index contributed by atoms with van der Waals surface area (Å²) in [6.07, 6.45) is 5.64. The van der Waals surface area contributed by atoms with Gasteiger partial charge in [0.1, 0.15) is 11.2 Å². The second-order valence-corrected chi connectivity index (χ2v) is 11.0. The molecule has 0 saturated carbocycles. The topological polar surface area (TPSA) is 13.1 Å². The van der Waals surface area contributed by atoms with Crippen molar-refractivity contribution < 1.29 is 14.0 Å². The molecule has 7 aromatic carbocycles. The van der Waals surface area contributed by atoms with E-state index in [9.17, 15) is 1.37 Å². The van der Waals surface area contributed by atoms with Gasteiger partial charge in [-0.2, -0.15) is 0 Å². The fourth-order valence-electron chi connectivity index (χ4n) is 6.84. The summed E-state index contributed by atoms with van der Waals surface area (Å²) in [4.78, 5) is 0. The summed E-state index contributed by atoms with van der Waals surface area (Å²) in [5, 5.41) is 3.94. The molecule has 1 heterocycles. The lowest BCUT2D eigenvalue weighted by molar-refractivity contribution is 0.669. The zero-order chi connectivity index (χ0) is 34.4. The van der Waals surface area contributed by atoms with E-state index in [4.69, 9.17) is 12.6 Å². The van der Waals surface area contributed by atoms with Gasteiger partial charge in [-0.25, -0.2) is 0 Å². The first-order valence-corrected chi connectivity index (χ1v) is 14.5. The second-order valence-electron chi connectivity index (χ2n) is 11.0. The Balaban J connectivity index is 1.37. The van der Waals surface area contributed by atoms with Crippen LogP contribution in [0.1, 0.15) is 27.1 Å². The number of hydrogen-bond acceptors (Lipinski definition) is 1. The summed E-state index contributed by atoms with van der Waals surface area (Å²) in [7, 11) is 0. The lowest BCUT2D eigenvalue weighted by Gasteiger charge is -2.24. The SMILES string of the molecule is [2H]c1c([2H])c([2H])c2c(-c3c4c(c(-c5cccc(-c6cccc7oc8ccccc8c67)c5)c5ccccc35)C=CCC4)c([2H])c([2H])c([2H])c2c1[2H]. The number of fused-ring (bicyclic) bond motifs is 6. The molecule has 0 amide bonds. The number of para-hydroxylation sites is 1. The fourth-order valence-corrected chi connectivity index (χ4v) is 6.84. The Morgan fingerprint density at radius 1 is 0.581 bits per heavy atom. The minimum Gasteiger partial charge on any atom is -0.456 e. The Bertz CT molecular complexity index is 2790. The fraction of sp³-hybridized carbons (Fsp3) is 0.0476. The Morgan fingerprint density at radius 3 is 2.26 bits per heavy atom. The summed E-state index contributed by atoms with van der Waals surface area (Å²) in [6.45, 7) is 0. The number of benzene rings is 7. The van der Waals surface area contributed by atoms with Crippen LogP contribution in [0.3, 0.4) is 0 Å². The lowest BCUT2D eigenvalue weighted by atomic mass is 9.79. The second kappa shape index (κ2) is 9.58. The Hall–Kier alpha value is -5.40. The van der Waals surface area contributed by atoms with Crippen molar-refractivity contribution in [3.8, 4) is 33.4 Å². The van der Waals surface area contributed by atoms with Crippen LogP contribution in [0.25, 0.3) is 82.9 Å². The normalized spacial score (nSPS) is 15.1. The summed E-state index contributed by atoms with van der Waals surface area (Å²) in [6, 6.07) is 28.2. The molecule has 0 fully saturated rings. The van der Waals surface area contributed by atoms with E-state index in [0.717, 1.165) is 72.5 Å². The molecule has 0 unspecified atom stereocenters. The van der Waals surface area contributed by atoms with Crippen LogP contribution < -0.4 is 0 Å². The molecule has 1 heteroatoms. The van der Waals surface area contributed by atoms with Gasteiger partial charge in [-0.3, -0.25) is 0 Å². The third kappa shape index (κ3) is 3.72. The molecule has 1 aliphatic rings. The largest absolute Gasteiger partial charge is 0.456 e. The van der Waals surface area contributed by atoms with Gasteiger partial charge in [0, 0.05) is 10.8 Å². The van der Waals surface area contributed by atoms with Crippen molar-refractivity contribution in [2.45, 2.75) is 12.8 Å². The van der Waals surface area contributed by atoms with E-state index in [1.165, 1.54) is 0 Å². The van der Waals surface area contributed by atoms with E-state index in [0.29, 0.717) is 12.0 Å². The Morgan fingerprint density at radius 2 is 1.33 bits per heavy atom. The summed E-state index contributed by atoms with van der Waals surface area (Å²) >= 11 is 0. The molecule has 0 spiro atoms. The van der Waals surface area contributed by atoms with Crippen LogP contribution in [-0.2, 0) is 6.42 Å². The zero-order valence-corrected chi connectivity index (χ0v) is 23.1. The van der Waals surface area contributed by atoms with Crippen LogP contribution in [-0.4, -0.2) is 0 Å². The van der Waals surface area contributed by atoms with E-state index in [1.54, 1.807) is 0 Å². The Labute approximate surface area is 260 Å². The van der Waals surface area contributed by atoms with Crippen LogP contribution >= 0.6 is 0 Å². The predicted octanol–water partition coefficient (Wildman–Crippen LogP) is 11.9. The molecule has 43 heavy (non-hydrogen) atoms. The summed E-state index contributed by atoms with van der Waals surface area (Å²) in [5.41, 5.74) is 8.70.